The standard InChI is InChI=1S/BH3O2.H3N/c2-1-3;/h1-3H;1H3. The van der Waals surface area contributed by atoms with Gasteiger partial charge in [-0.15, -0.1) is 0 Å². The van der Waals surface area contributed by atoms with E-state index >= 15 is 0 Å². The van der Waals surface area contributed by atoms with Crippen molar-refractivity contribution in [2.24, 2.45) is 0 Å². The molecule has 0 rings (SSSR count). The molecule has 0 unspecified atom stereocenters. The zero-order valence-electron chi connectivity index (χ0n) is 2.31. The fourth-order valence-corrected chi connectivity index (χ4v) is 0. The molecule has 0 aromatic heterocycles. The van der Waals surface area contributed by atoms with Crippen LogP contribution in [0.2, 0.25) is 0 Å². The van der Waals surface area contributed by atoms with Crippen LogP contribution in [0.25, 0.3) is 0 Å². The Kier molecular flexibility index (Phi) is 28.2. The highest BCUT2D eigenvalue weighted by molar-refractivity contribution is 6.13. The monoisotopic (exact) mass is 63.0 g/mol. The number of hydrogen-bond acceptors (Lipinski definition) is 3. The van der Waals surface area contributed by atoms with Crippen LogP contribution >= 0.6 is 0 Å². The second kappa shape index (κ2) is 12.5. The molecule has 0 atom stereocenters. The van der Waals surface area contributed by atoms with E-state index in [2.05, 4.69) is 0 Å². The second-order valence-corrected chi connectivity index (χ2v) is 0.141. The molecule has 0 aliphatic carbocycles. The molecule has 26 valence electrons. The lowest BCUT2D eigenvalue weighted by atomic mass is 10.5. The smallest absolute Gasteiger partial charge is 0.430 e. The van der Waals surface area contributed by atoms with Crippen LogP contribution in [-0.4, -0.2) is 17.7 Å². The third kappa shape index (κ3) is 573. The minimum absolute atomic E-state index is 0. The molecule has 4 heteroatoms. The fraction of sp³-hybridized carbons (Fsp3) is 0. The van der Waals surface area contributed by atoms with E-state index in [4.69, 9.17) is 10.0 Å². The predicted octanol–water partition coefficient (Wildman–Crippen LogP) is -1.60. The largest absolute Gasteiger partial charge is 0.432 e. The fourth-order valence-electron chi connectivity index (χ4n) is 0. The van der Waals surface area contributed by atoms with Crippen LogP contribution in [0.1, 0.15) is 0 Å². The normalized spacial score (nSPS) is 3.50. The molecule has 0 radical (unpaired) electrons. The molecule has 0 saturated carbocycles. The summed E-state index contributed by atoms with van der Waals surface area (Å²) in [6.45, 7) is 0. The first kappa shape index (κ1) is 9.04. The van der Waals surface area contributed by atoms with Crippen molar-refractivity contribution in [2.75, 3.05) is 0 Å². The quantitative estimate of drug-likeness (QED) is 0.296. The second-order valence-electron chi connectivity index (χ2n) is 0.141. The van der Waals surface area contributed by atoms with Crippen LogP contribution in [0.3, 0.4) is 0 Å². The lowest BCUT2D eigenvalue weighted by molar-refractivity contribution is 0.448. The van der Waals surface area contributed by atoms with E-state index in [0.717, 1.165) is 0 Å². The molecule has 0 spiro atoms. The lowest BCUT2D eigenvalue weighted by Crippen LogP contribution is -1.75. The molecule has 0 amide bonds. The van der Waals surface area contributed by atoms with Gasteiger partial charge in [-0.2, -0.15) is 0 Å². The third-order valence-corrected chi connectivity index (χ3v) is 0. The average molecular weight is 62.9 g/mol. The van der Waals surface area contributed by atoms with Gasteiger partial charge in [0.25, 0.3) is 0 Å². The molecule has 0 fully saturated rings. The highest BCUT2D eigenvalue weighted by atomic mass is 16.4. The Bertz CT molecular complexity index is 6.00. The summed E-state index contributed by atoms with van der Waals surface area (Å²) in [6, 6.07) is 0. The molecule has 0 aromatic rings. The first-order valence-corrected chi connectivity index (χ1v) is 0.632. The van der Waals surface area contributed by atoms with Crippen LogP contribution in [0.4, 0.5) is 0 Å². The lowest BCUT2D eigenvalue weighted by Gasteiger charge is -1.48. The van der Waals surface area contributed by atoms with Gasteiger partial charge in [0, 0.05) is 0 Å². The maximum Gasteiger partial charge on any atom is 0.432 e. The zero-order valence-corrected chi connectivity index (χ0v) is 2.31. The molecule has 0 aliphatic heterocycles. The molecule has 0 aromatic carbocycles. The van der Waals surface area contributed by atoms with E-state index in [1.165, 1.54) is 0 Å². The van der Waals surface area contributed by atoms with Crippen molar-refractivity contribution < 1.29 is 10.0 Å². The van der Waals surface area contributed by atoms with Gasteiger partial charge in [0.2, 0.25) is 0 Å². The number of hydrogen-bond donors (Lipinski definition) is 3. The first-order chi connectivity index (χ1) is 1.41. The van der Waals surface area contributed by atoms with Crippen molar-refractivity contribution in [2.45, 2.75) is 0 Å². The molecule has 0 saturated heterocycles. The van der Waals surface area contributed by atoms with Crippen LogP contribution in [0.5, 0.6) is 0 Å². The van der Waals surface area contributed by atoms with Gasteiger partial charge in [0.1, 0.15) is 0 Å². The topological polar surface area (TPSA) is 75.5 Å². The summed E-state index contributed by atoms with van der Waals surface area (Å²) in [5, 5.41) is 14.2. The Hall–Kier alpha value is -0.0551. The summed E-state index contributed by atoms with van der Waals surface area (Å²) in [4.78, 5) is 0. The molecule has 0 heterocycles. The Labute approximate surface area is 25.2 Å². The van der Waals surface area contributed by atoms with Crippen LogP contribution in [0, 0.1) is 0 Å². The van der Waals surface area contributed by atoms with Gasteiger partial charge in [-0.1, -0.05) is 0 Å². The maximum atomic E-state index is 7.12. The van der Waals surface area contributed by atoms with E-state index in [1.54, 1.807) is 0 Å². The molecule has 0 bridgehead atoms. The van der Waals surface area contributed by atoms with E-state index in [0.29, 0.717) is 0 Å². The maximum absolute atomic E-state index is 7.12. The van der Waals surface area contributed by atoms with Crippen molar-refractivity contribution >= 4 is 7.69 Å². The molecule has 3 nitrogen and oxygen atoms in total. The summed E-state index contributed by atoms with van der Waals surface area (Å²) >= 11 is 0. The summed E-state index contributed by atoms with van der Waals surface area (Å²) in [5.41, 5.74) is 0. The Morgan fingerprint density at radius 3 is 1.25 bits per heavy atom. The van der Waals surface area contributed by atoms with Crippen LogP contribution in [-0.2, 0) is 0 Å². The third-order valence-electron chi connectivity index (χ3n) is 0. The van der Waals surface area contributed by atoms with Crippen molar-refractivity contribution in [3.63, 3.8) is 0 Å². The van der Waals surface area contributed by atoms with E-state index in [9.17, 15) is 0 Å². The summed E-state index contributed by atoms with van der Waals surface area (Å²) in [5.74, 6) is 0. The first-order valence-electron chi connectivity index (χ1n) is 0.632. The zero-order chi connectivity index (χ0) is 2.71. The van der Waals surface area contributed by atoms with Crippen molar-refractivity contribution in [1.29, 1.82) is 0 Å². The van der Waals surface area contributed by atoms with Gasteiger partial charge in [-0.3, -0.25) is 0 Å². The van der Waals surface area contributed by atoms with Crippen molar-refractivity contribution in [3.05, 3.63) is 0 Å². The molecular formula is H6BNO2. The van der Waals surface area contributed by atoms with Gasteiger partial charge < -0.3 is 16.2 Å². The molecule has 4 heavy (non-hydrogen) atoms. The number of rotatable bonds is 0. The van der Waals surface area contributed by atoms with Crippen molar-refractivity contribution in [3.8, 4) is 0 Å². The van der Waals surface area contributed by atoms with E-state index in [1.807, 2.05) is 0 Å². The summed E-state index contributed by atoms with van der Waals surface area (Å²) < 4.78 is 0. The highest BCUT2D eigenvalue weighted by Gasteiger charge is 1.48. The van der Waals surface area contributed by atoms with Gasteiger partial charge in [-0.25, -0.2) is 0 Å². The summed E-state index contributed by atoms with van der Waals surface area (Å²) in [7, 11) is -0.750. The minimum atomic E-state index is -0.750. The van der Waals surface area contributed by atoms with Gasteiger partial charge in [0.05, 0.1) is 0 Å². The van der Waals surface area contributed by atoms with E-state index < -0.39 is 7.69 Å². The average Bonchev–Trinajstić information content (AvgIpc) is 0.918. The van der Waals surface area contributed by atoms with Crippen LogP contribution < -0.4 is 6.15 Å². The van der Waals surface area contributed by atoms with Crippen molar-refractivity contribution in [1.82, 2.24) is 6.15 Å². The van der Waals surface area contributed by atoms with E-state index in [-0.39, 0.29) is 6.15 Å². The Balaban J connectivity index is 0. The minimum Gasteiger partial charge on any atom is -0.430 e. The molecule has 5 N–H and O–H groups in total. The Morgan fingerprint density at radius 2 is 1.25 bits per heavy atom. The van der Waals surface area contributed by atoms with Gasteiger partial charge in [0.15, 0.2) is 0 Å². The Morgan fingerprint density at radius 1 is 1.25 bits per heavy atom. The summed E-state index contributed by atoms with van der Waals surface area (Å²) in [6.07, 6.45) is 0. The van der Waals surface area contributed by atoms with Gasteiger partial charge >= 0.3 is 7.69 Å². The SMILES string of the molecule is N.OBO. The van der Waals surface area contributed by atoms with Crippen LogP contribution in [0.15, 0.2) is 0 Å². The van der Waals surface area contributed by atoms with Gasteiger partial charge in [-0.05, 0) is 0 Å². The molecule has 0 aliphatic rings. The predicted molar refractivity (Wildman–Crippen MR) is 16.6 cm³/mol. The highest BCUT2D eigenvalue weighted by Crippen LogP contribution is 1.08. The molecular weight excluding hydrogens is 56.8 g/mol.